The zero-order valence-corrected chi connectivity index (χ0v) is 17.9. The summed E-state index contributed by atoms with van der Waals surface area (Å²) in [6.45, 7) is 5.04. The molecule has 0 saturated carbocycles. The second-order valence-corrected chi connectivity index (χ2v) is 7.88. The molecule has 2 N–H and O–H groups in total. The Morgan fingerprint density at radius 1 is 1.29 bits per heavy atom. The van der Waals surface area contributed by atoms with Gasteiger partial charge in [0, 0.05) is 30.6 Å². The van der Waals surface area contributed by atoms with Crippen LogP contribution < -0.4 is 10.1 Å². The molecule has 0 aliphatic carbocycles. The van der Waals surface area contributed by atoms with Gasteiger partial charge in [0.2, 0.25) is 0 Å². The fraction of sp³-hybridized carbons (Fsp3) is 0.227. The molecular weight excluding hydrogens is 419 g/mol. The molecule has 3 heterocycles. The normalized spacial score (nSPS) is 11.1. The number of benzene rings is 1. The molecule has 0 bridgehead atoms. The third kappa shape index (κ3) is 4.09. The molecule has 0 aliphatic heterocycles. The molecule has 0 atom stereocenters. The summed E-state index contributed by atoms with van der Waals surface area (Å²) in [4.78, 5) is 20.8. The molecule has 7 nitrogen and oxygen atoms in total. The smallest absolute Gasteiger partial charge is 0.349 e. The average molecular weight is 441 g/mol. The number of carbonyl (C=O) groups is 1. The number of aromatic carboxylic acids is 1. The molecule has 0 aliphatic rings. The van der Waals surface area contributed by atoms with E-state index in [9.17, 15) is 14.3 Å². The van der Waals surface area contributed by atoms with Crippen LogP contribution in [0, 0.1) is 12.7 Å². The lowest BCUT2D eigenvalue weighted by Gasteiger charge is -2.10. The molecule has 0 saturated heterocycles. The Hall–Kier alpha value is -3.46. The Bertz CT molecular complexity index is 1250. The molecule has 0 unspecified atom stereocenters. The van der Waals surface area contributed by atoms with Crippen molar-refractivity contribution in [1.82, 2.24) is 14.5 Å². The van der Waals surface area contributed by atoms with E-state index >= 15 is 0 Å². The number of carboxylic acid groups (broad SMARTS) is 1. The fourth-order valence-electron chi connectivity index (χ4n) is 3.47. The number of hydrogen-bond acceptors (Lipinski definition) is 6. The lowest BCUT2D eigenvalue weighted by atomic mass is 10.2. The van der Waals surface area contributed by atoms with Crippen LogP contribution in [0.2, 0.25) is 0 Å². The Balaban J connectivity index is 1.51. The molecule has 0 amide bonds. The number of thiophene rings is 1. The summed E-state index contributed by atoms with van der Waals surface area (Å²) in [5.41, 5.74) is 2.05. The third-order valence-electron chi connectivity index (χ3n) is 4.91. The summed E-state index contributed by atoms with van der Waals surface area (Å²) in [6.07, 6.45) is 1.42. The van der Waals surface area contributed by atoms with E-state index in [1.165, 1.54) is 6.33 Å². The van der Waals surface area contributed by atoms with Crippen LogP contribution in [0.5, 0.6) is 5.75 Å². The molecule has 4 aromatic rings. The topological polar surface area (TPSA) is 89.3 Å². The molecule has 3 aromatic heterocycles. The van der Waals surface area contributed by atoms with E-state index in [1.54, 1.807) is 32.0 Å². The number of nitrogens with one attached hydrogen (secondary N) is 1. The van der Waals surface area contributed by atoms with Crippen molar-refractivity contribution in [3.63, 3.8) is 0 Å². The van der Waals surface area contributed by atoms with E-state index in [2.05, 4.69) is 15.3 Å². The fourth-order valence-corrected chi connectivity index (χ4v) is 4.38. The van der Waals surface area contributed by atoms with Crippen molar-refractivity contribution in [2.24, 2.45) is 0 Å². The number of fused-ring (bicyclic) bond motifs is 1. The van der Waals surface area contributed by atoms with Crippen LogP contribution in [-0.4, -0.2) is 38.8 Å². The highest BCUT2D eigenvalue weighted by Gasteiger charge is 2.18. The first kappa shape index (κ1) is 20.8. The second kappa shape index (κ2) is 8.73. The molecule has 0 radical (unpaired) electrons. The van der Waals surface area contributed by atoms with Gasteiger partial charge in [-0.2, -0.15) is 0 Å². The third-order valence-corrected chi connectivity index (χ3v) is 6.03. The monoisotopic (exact) mass is 440 g/mol. The number of hydrogen-bond donors (Lipinski definition) is 2. The predicted octanol–water partition coefficient (Wildman–Crippen LogP) is 4.82. The van der Waals surface area contributed by atoms with Crippen LogP contribution in [0.25, 0.3) is 21.5 Å². The van der Waals surface area contributed by atoms with E-state index in [-0.39, 0.29) is 10.7 Å². The lowest BCUT2D eigenvalue weighted by molar-refractivity contribution is 0.0698. The van der Waals surface area contributed by atoms with Crippen LogP contribution in [0.15, 0.2) is 42.7 Å². The van der Waals surface area contributed by atoms with Crippen LogP contribution in [-0.2, 0) is 6.54 Å². The van der Waals surface area contributed by atoms with Gasteiger partial charge in [0.1, 0.15) is 17.9 Å². The molecule has 0 fully saturated rings. The van der Waals surface area contributed by atoms with Gasteiger partial charge in [0.05, 0.1) is 28.4 Å². The highest BCUT2D eigenvalue weighted by Crippen LogP contribution is 2.36. The molecule has 1 aromatic carbocycles. The zero-order valence-electron chi connectivity index (χ0n) is 17.1. The number of ether oxygens (including phenoxy) is 1. The minimum absolute atomic E-state index is 0.141. The minimum Gasteiger partial charge on any atom is -0.492 e. The maximum Gasteiger partial charge on any atom is 0.349 e. The van der Waals surface area contributed by atoms with Crippen molar-refractivity contribution >= 4 is 34.0 Å². The van der Waals surface area contributed by atoms with E-state index in [1.807, 2.05) is 22.8 Å². The predicted molar refractivity (Wildman–Crippen MR) is 119 cm³/mol. The van der Waals surface area contributed by atoms with Crippen molar-refractivity contribution in [3.05, 3.63) is 59.1 Å². The maximum atomic E-state index is 14.4. The van der Waals surface area contributed by atoms with E-state index in [0.29, 0.717) is 52.9 Å². The second-order valence-electron chi connectivity index (χ2n) is 6.83. The largest absolute Gasteiger partial charge is 0.492 e. The number of anilines is 1. The first-order valence-corrected chi connectivity index (χ1v) is 10.6. The van der Waals surface area contributed by atoms with Crippen LogP contribution in [0.4, 0.5) is 10.2 Å². The van der Waals surface area contributed by atoms with Crippen LogP contribution in [0.1, 0.15) is 22.3 Å². The maximum absolute atomic E-state index is 14.4. The SMILES string of the molecule is CCOc1cc(-c2cc(NCCn3c(C)c(F)c4ccccc43)ncn2)sc1C(=O)O. The Kier molecular flexibility index (Phi) is 5.85. The Labute approximate surface area is 182 Å². The van der Waals surface area contributed by atoms with Gasteiger partial charge in [0.15, 0.2) is 10.7 Å². The van der Waals surface area contributed by atoms with Gasteiger partial charge in [0.25, 0.3) is 0 Å². The van der Waals surface area contributed by atoms with Crippen molar-refractivity contribution in [2.45, 2.75) is 20.4 Å². The first-order valence-electron chi connectivity index (χ1n) is 9.79. The standard InChI is InChI=1S/C22H21FN4O3S/c1-3-30-17-11-18(31-21(17)22(28)29)15-10-19(26-12-25-15)24-8-9-27-13(2)20(23)14-6-4-5-7-16(14)27/h4-7,10-12H,3,8-9H2,1-2H3,(H,28,29)(H,24,25,26). The van der Waals surface area contributed by atoms with Crippen LogP contribution in [0.3, 0.4) is 0 Å². The summed E-state index contributed by atoms with van der Waals surface area (Å²) < 4.78 is 21.8. The summed E-state index contributed by atoms with van der Waals surface area (Å²) in [7, 11) is 0. The van der Waals surface area contributed by atoms with Gasteiger partial charge in [-0.05, 0) is 26.0 Å². The Morgan fingerprint density at radius 3 is 2.87 bits per heavy atom. The molecular formula is C22H21FN4O3S. The lowest BCUT2D eigenvalue weighted by Crippen LogP contribution is -2.12. The van der Waals surface area contributed by atoms with Crippen molar-refractivity contribution in [2.75, 3.05) is 18.5 Å². The zero-order chi connectivity index (χ0) is 22.0. The number of carboxylic acids is 1. The highest BCUT2D eigenvalue weighted by atomic mass is 32.1. The van der Waals surface area contributed by atoms with Gasteiger partial charge < -0.3 is 19.7 Å². The summed E-state index contributed by atoms with van der Waals surface area (Å²) >= 11 is 1.11. The van der Waals surface area contributed by atoms with Gasteiger partial charge in [-0.3, -0.25) is 0 Å². The van der Waals surface area contributed by atoms with E-state index in [0.717, 1.165) is 16.9 Å². The van der Waals surface area contributed by atoms with Gasteiger partial charge in [-0.1, -0.05) is 12.1 Å². The molecule has 31 heavy (non-hydrogen) atoms. The minimum atomic E-state index is -1.03. The number of para-hydroxylation sites is 1. The molecule has 160 valence electrons. The van der Waals surface area contributed by atoms with Crippen molar-refractivity contribution in [1.29, 1.82) is 0 Å². The Morgan fingerprint density at radius 2 is 2.10 bits per heavy atom. The van der Waals surface area contributed by atoms with E-state index in [4.69, 9.17) is 4.74 Å². The highest BCUT2D eigenvalue weighted by molar-refractivity contribution is 7.17. The molecule has 4 rings (SSSR count). The van der Waals surface area contributed by atoms with Gasteiger partial charge in [-0.25, -0.2) is 19.2 Å². The van der Waals surface area contributed by atoms with E-state index < -0.39 is 5.97 Å². The quantitative estimate of drug-likeness (QED) is 0.408. The van der Waals surface area contributed by atoms with Gasteiger partial charge >= 0.3 is 5.97 Å². The molecule has 0 spiro atoms. The van der Waals surface area contributed by atoms with Crippen molar-refractivity contribution in [3.8, 4) is 16.3 Å². The number of rotatable bonds is 8. The average Bonchev–Trinajstić information content (AvgIpc) is 3.30. The van der Waals surface area contributed by atoms with Crippen LogP contribution >= 0.6 is 11.3 Å². The summed E-state index contributed by atoms with van der Waals surface area (Å²) in [5, 5.41) is 13.2. The number of halogens is 1. The summed E-state index contributed by atoms with van der Waals surface area (Å²) in [5.74, 6) is -0.298. The number of nitrogens with zero attached hydrogens (tertiary/aromatic N) is 3. The van der Waals surface area contributed by atoms with Gasteiger partial charge in [-0.15, -0.1) is 11.3 Å². The first-order chi connectivity index (χ1) is 15.0. The summed E-state index contributed by atoms with van der Waals surface area (Å²) in [6, 6.07) is 10.8. The number of aromatic nitrogens is 3. The molecule has 9 heteroatoms. The van der Waals surface area contributed by atoms with Crippen molar-refractivity contribution < 1.29 is 19.0 Å².